The molecule has 94 valence electrons. The van der Waals surface area contributed by atoms with Gasteiger partial charge in [0.05, 0.1) is 18.7 Å². The van der Waals surface area contributed by atoms with Gasteiger partial charge in [0.2, 0.25) is 0 Å². The van der Waals surface area contributed by atoms with Gasteiger partial charge in [0.1, 0.15) is 5.82 Å². The third kappa shape index (κ3) is 2.09. The summed E-state index contributed by atoms with van der Waals surface area (Å²) in [5.41, 5.74) is 7.64. The van der Waals surface area contributed by atoms with Crippen LogP contribution in [0.4, 0.5) is 11.5 Å². The Labute approximate surface area is 110 Å². The number of anilines is 2. The number of fused-ring (bicyclic) bond motifs is 1. The van der Waals surface area contributed by atoms with E-state index in [1.54, 1.807) is 0 Å². The number of rotatable bonds is 1. The van der Waals surface area contributed by atoms with Crippen molar-refractivity contribution in [1.29, 1.82) is 0 Å². The van der Waals surface area contributed by atoms with Crippen molar-refractivity contribution in [3.63, 3.8) is 0 Å². The Kier molecular flexibility index (Phi) is 2.97. The molecule has 18 heavy (non-hydrogen) atoms. The zero-order chi connectivity index (χ0) is 12.5. The highest BCUT2D eigenvalue weighted by Crippen LogP contribution is 2.27. The molecule has 2 N–H and O–H groups in total. The number of ether oxygens (including phenoxy) is 1. The Morgan fingerprint density at radius 3 is 2.78 bits per heavy atom. The minimum atomic E-state index is 0.675. The molecular formula is C13H14ClN3O. The van der Waals surface area contributed by atoms with E-state index in [4.69, 9.17) is 22.1 Å². The van der Waals surface area contributed by atoms with Gasteiger partial charge in [0.25, 0.3) is 0 Å². The second-order valence-corrected chi connectivity index (χ2v) is 4.77. The molecule has 1 aliphatic rings. The zero-order valence-electron chi connectivity index (χ0n) is 9.90. The molecule has 2 heterocycles. The summed E-state index contributed by atoms with van der Waals surface area (Å²) in [6, 6.07) is 7.50. The number of hydrogen-bond donors (Lipinski definition) is 1. The monoisotopic (exact) mass is 263 g/mol. The van der Waals surface area contributed by atoms with E-state index in [1.165, 1.54) is 0 Å². The van der Waals surface area contributed by atoms with Crippen molar-refractivity contribution in [2.24, 2.45) is 0 Å². The molecule has 3 rings (SSSR count). The predicted molar refractivity (Wildman–Crippen MR) is 74.2 cm³/mol. The molecule has 1 aromatic heterocycles. The molecule has 4 nitrogen and oxygen atoms in total. The molecule has 1 aromatic carbocycles. The van der Waals surface area contributed by atoms with Crippen LogP contribution in [-0.4, -0.2) is 31.3 Å². The molecule has 0 unspecified atom stereocenters. The smallest absolute Gasteiger partial charge is 0.131 e. The molecule has 0 bridgehead atoms. The van der Waals surface area contributed by atoms with E-state index in [1.807, 2.05) is 24.3 Å². The Hall–Kier alpha value is -1.52. The highest BCUT2D eigenvalue weighted by molar-refractivity contribution is 6.31. The molecule has 1 saturated heterocycles. The van der Waals surface area contributed by atoms with Gasteiger partial charge in [0, 0.05) is 35.3 Å². The Bertz CT molecular complexity index is 582. The van der Waals surface area contributed by atoms with E-state index in [0.717, 1.165) is 48.7 Å². The lowest BCUT2D eigenvalue weighted by Crippen LogP contribution is -2.36. The van der Waals surface area contributed by atoms with Crippen molar-refractivity contribution < 1.29 is 4.74 Å². The first-order valence-electron chi connectivity index (χ1n) is 5.92. The number of nitrogens with zero attached hydrogens (tertiary/aromatic N) is 2. The molecule has 0 aliphatic carbocycles. The maximum atomic E-state index is 6.07. The van der Waals surface area contributed by atoms with Crippen molar-refractivity contribution in [3.05, 3.63) is 29.3 Å². The minimum absolute atomic E-state index is 0.675. The molecule has 0 atom stereocenters. The first-order valence-corrected chi connectivity index (χ1v) is 6.30. The van der Waals surface area contributed by atoms with E-state index in [0.29, 0.717) is 5.02 Å². The maximum Gasteiger partial charge on any atom is 0.131 e. The van der Waals surface area contributed by atoms with Crippen LogP contribution in [0.1, 0.15) is 0 Å². The van der Waals surface area contributed by atoms with Crippen LogP contribution in [0.25, 0.3) is 10.9 Å². The van der Waals surface area contributed by atoms with Gasteiger partial charge in [-0.1, -0.05) is 11.6 Å². The molecule has 5 heteroatoms. The third-order valence-corrected chi connectivity index (χ3v) is 3.36. The molecule has 0 amide bonds. The summed E-state index contributed by atoms with van der Waals surface area (Å²) in [5, 5.41) is 1.62. The van der Waals surface area contributed by atoms with Gasteiger partial charge in [-0.3, -0.25) is 0 Å². The largest absolute Gasteiger partial charge is 0.398 e. The SMILES string of the molecule is Nc1cc(N2CCOCC2)nc2cc(Cl)ccc12. The Morgan fingerprint density at radius 1 is 1.22 bits per heavy atom. The van der Waals surface area contributed by atoms with Gasteiger partial charge in [0.15, 0.2) is 0 Å². The second-order valence-electron chi connectivity index (χ2n) is 4.33. The normalized spacial score (nSPS) is 16.2. The summed E-state index contributed by atoms with van der Waals surface area (Å²) in [6.45, 7) is 3.15. The lowest BCUT2D eigenvalue weighted by molar-refractivity contribution is 0.122. The van der Waals surface area contributed by atoms with Crippen molar-refractivity contribution in [1.82, 2.24) is 4.98 Å². The number of pyridine rings is 1. The number of nitrogen functional groups attached to an aromatic ring is 1. The topological polar surface area (TPSA) is 51.4 Å². The lowest BCUT2D eigenvalue weighted by atomic mass is 10.2. The van der Waals surface area contributed by atoms with Gasteiger partial charge in [-0.2, -0.15) is 0 Å². The summed E-state index contributed by atoms with van der Waals surface area (Å²) in [6.07, 6.45) is 0. The molecule has 0 spiro atoms. The summed E-state index contributed by atoms with van der Waals surface area (Å²) < 4.78 is 5.34. The first kappa shape index (κ1) is 11.6. The number of morpholine rings is 1. The van der Waals surface area contributed by atoms with E-state index in [9.17, 15) is 0 Å². The highest BCUT2D eigenvalue weighted by atomic mass is 35.5. The van der Waals surface area contributed by atoms with E-state index in [2.05, 4.69) is 9.88 Å². The van der Waals surface area contributed by atoms with Crippen LogP contribution in [0, 0.1) is 0 Å². The van der Waals surface area contributed by atoms with Gasteiger partial charge in [-0.25, -0.2) is 4.98 Å². The minimum Gasteiger partial charge on any atom is -0.398 e. The Balaban J connectivity index is 2.07. The van der Waals surface area contributed by atoms with E-state index in [-0.39, 0.29) is 0 Å². The molecule has 0 radical (unpaired) electrons. The fourth-order valence-electron chi connectivity index (χ4n) is 2.17. The second kappa shape index (κ2) is 4.63. The maximum absolute atomic E-state index is 6.07. The average Bonchev–Trinajstić information content (AvgIpc) is 2.39. The summed E-state index contributed by atoms with van der Waals surface area (Å²) >= 11 is 5.99. The van der Waals surface area contributed by atoms with Crippen molar-refractivity contribution in [2.75, 3.05) is 36.9 Å². The summed E-state index contributed by atoms with van der Waals surface area (Å²) in [4.78, 5) is 6.81. The van der Waals surface area contributed by atoms with Crippen molar-refractivity contribution in [2.45, 2.75) is 0 Å². The first-order chi connectivity index (χ1) is 8.74. The van der Waals surface area contributed by atoms with Gasteiger partial charge >= 0.3 is 0 Å². The van der Waals surface area contributed by atoms with Gasteiger partial charge in [-0.05, 0) is 18.2 Å². The molecule has 1 aliphatic heterocycles. The van der Waals surface area contributed by atoms with Crippen LogP contribution in [0.5, 0.6) is 0 Å². The summed E-state index contributed by atoms with van der Waals surface area (Å²) in [5.74, 6) is 0.894. The van der Waals surface area contributed by atoms with E-state index >= 15 is 0 Å². The van der Waals surface area contributed by atoms with Crippen LogP contribution in [0.15, 0.2) is 24.3 Å². The third-order valence-electron chi connectivity index (χ3n) is 3.13. The van der Waals surface area contributed by atoms with Crippen LogP contribution in [-0.2, 0) is 4.74 Å². The summed E-state index contributed by atoms with van der Waals surface area (Å²) in [7, 11) is 0. The predicted octanol–water partition coefficient (Wildman–Crippen LogP) is 2.31. The average molecular weight is 264 g/mol. The Morgan fingerprint density at radius 2 is 2.00 bits per heavy atom. The molecular weight excluding hydrogens is 250 g/mol. The number of halogens is 1. The number of benzene rings is 1. The zero-order valence-corrected chi connectivity index (χ0v) is 10.7. The molecule has 1 fully saturated rings. The number of hydrogen-bond acceptors (Lipinski definition) is 4. The molecule has 0 saturated carbocycles. The quantitative estimate of drug-likeness (QED) is 0.858. The van der Waals surface area contributed by atoms with Crippen LogP contribution in [0.2, 0.25) is 5.02 Å². The fraction of sp³-hybridized carbons (Fsp3) is 0.308. The highest BCUT2D eigenvalue weighted by Gasteiger charge is 2.14. The van der Waals surface area contributed by atoms with Crippen LogP contribution >= 0.6 is 11.6 Å². The number of nitrogens with two attached hydrogens (primary N) is 1. The standard InChI is InChI=1S/C13H14ClN3O/c14-9-1-2-10-11(15)8-13(16-12(10)7-9)17-3-5-18-6-4-17/h1-2,7-8H,3-6H2,(H2,15,16). The lowest BCUT2D eigenvalue weighted by Gasteiger charge is -2.28. The van der Waals surface area contributed by atoms with Crippen molar-refractivity contribution >= 4 is 34.0 Å². The molecule has 2 aromatic rings. The van der Waals surface area contributed by atoms with Crippen LogP contribution in [0.3, 0.4) is 0 Å². The van der Waals surface area contributed by atoms with E-state index < -0.39 is 0 Å². The van der Waals surface area contributed by atoms with Gasteiger partial charge in [-0.15, -0.1) is 0 Å². The fourth-order valence-corrected chi connectivity index (χ4v) is 2.33. The van der Waals surface area contributed by atoms with Gasteiger partial charge < -0.3 is 15.4 Å². The number of aromatic nitrogens is 1. The van der Waals surface area contributed by atoms with Crippen LogP contribution < -0.4 is 10.6 Å². The van der Waals surface area contributed by atoms with Crippen molar-refractivity contribution in [3.8, 4) is 0 Å².